The maximum absolute atomic E-state index is 12.5. The molecule has 1 aliphatic heterocycles. The highest BCUT2D eigenvalue weighted by Crippen LogP contribution is 2.37. The van der Waals surface area contributed by atoms with Crippen molar-refractivity contribution in [2.45, 2.75) is 53.9 Å². The third kappa shape index (κ3) is 5.66. The largest absolute Gasteiger partial charge is 0.457 e. The van der Waals surface area contributed by atoms with Crippen LogP contribution in [-0.2, 0) is 11.2 Å². The van der Waals surface area contributed by atoms with Gasteiger partial charge in [-0.05, 0) is 55.9 Å². The summed E-state index contributed by atoms with van der Waals surface area (Å²) in [5, 5.41) is 10.9. The van der Waals surface area contributed by atoms with Gasteiger partial charge in [0.2, 0.25) is 5.91 Å². The van der Waals surface area contributed by atoms with Gasteiger partial charge in [0, 0.05) is 18.2 Å². The number of anilines is 1. The van der Waals surface area contributed by atoms with Crippen LogP contribution < -0.4 is 20.4 Å². The molecule has 1 aromatic carbocycles. The van der Waals surface area contributed by atoms with Gasteiger partial charge in [0.15, 0.2) is 0 Å². The van der Waals surface area contributed by atoms with Crippen LogP contribution in [0.4, 0.5) is 10.5 Å². The molecule has 7 heteroatoms. The van der Waals surface area contributed by atoms with E-state index in [1.807, 2.05) is 33.8 Å². The van der Waals surface area contributed by atoms with Gasteiger partial charge in [-0.1, -0.05) is 40.3 Å². The molecule has 2 N–H and O–H groups in total. The van der Waals surface area contributed by atoms with Gasteiger partial charge in [0.05, 0.1) is 17.6 Å². The predicted octanol–water partition coefficient (Wildman–Crippen LogP) is 4.90. The van der Waals surface area contributed by atoms with Crippen LogP contribution in [0.25, 0.3) is 0 Å². The average Bonchev–Trinajstić information content (AvgIpc) is 2.73. The summed E-state index contributed by atoms with van der Waals surface area (Å²) in [4.78, 5) is 24.7. The molecular formula is C25H34N4O3. The molecule has 0 bridgehead atoms. The number of nitrogens with zero attached hydrogens (tertiary/aromatic N) is 2. The predicted molar refractivity (Wildman–Crippen MR) is 130 cm³/mol. The van der Waals surface area contributed by atoms with Crippen LogP contribution >= 0.6 is 0 Å². The summed E-state index contributed by atoms with van der Waals surface area (Å²) < 4.78 is 6.19. The summed E-state index contributed by atoms with van der Waals surface area (Å²) in [5.41, 5.74) is 4.49. The van der Waals surface area contributed by atoms with Gasteiger partial charge in [-0.25, -0.2) is 4.79 Å². The molecule has 0 saturated carbocycles. The van der Waals surface area contributed by atoms with Crippen molar-refractivity contribution in [3.05, 3.63) is 59.0 Å². The van der Waals surface area contributed by atoms with Crippen molar-refractivity contribution in [3.8, 4) is 5.75 Å². The van der Waals surface area contributed by atoms with E-state index in [9.17, 15) is 9.59 Å². The molecule has 0 aromatic heterocycles. The first-order chi connectivity index (χ1) is 15.1. The quantitative estimate of drug-likeness (QED) is 0.327. The lowest BCUT2D eigenvalue weighted by molar-refractivity contribution is -0.117. The first-order valence-corrected chi connectivity index (χ1v) is 10.9. The van der Waals surface area contributed by atoms with Gasteiger partial charge in [-0.15, -0.1) is 0 Å². The number of unbranched alkanes of at least 4 members (excludes halogenated alkanes) is 1. The monoisotopic (exact) mass is 438 g/mol. The van der Waals surface area contributed by atoms with Crippen molar-refractivity contribution in [2.24, 2.45) is 11.0 Å². The molecule has 0 spiro atoms. The number of carbonyl (C=O) groups excluding carboxylic acids is 2. The number of benzene rings is 1. The molecule has 1 aromatic rings. The summed E-state index contributed by atoms with van der Waals surface area (Å²) in [6.07, 6.45) is 5.96. The fraction of sp³-hybridized carbons (Fsp3) is 0.400. The normalized spacial score (nSPS) is 14.0. The molecule has 0 fully saturated rings. The van der Waals surface area contributed by atoms with E-state index in [0.717, 1.165) is 36.0 Å². The number of hydrogen-bond acceptors (Lipinski definition) is 4. The number of rotatable bonds is 9. The smallest absolute Gasteiger partial charge is 0.347 e. The molecule has 7 nitrogen and oxygen atoms in total. The Morgan fingerprint density at radius 1 is 1.38 bits per heavy atom. The number of amides is 3. The second-order valence-electron chi connectivity index (χ2n) is 8.16. The van der Waals surface area contributed by atoms with E-state index in [1.165, 1.54) is 11.2 Å². The van der Waals surface area contributed by atoms with E-state index in [-0.39, 0.29) is 17.9 Å². The molecule has 3 amide bonds. The number of hydrazone groups is 1. The second-order valence-corrected chi connectivity index (χ2v) is 8.16. The molecule has 32 heavy (non-hydrogen) atoms. The zero-order valence-corrected chi connectivity index (χ0v) is 20.0. The topological polar surface area (TPSA) is 83.0 Å². The summed E-state index contributed by atoms with van der Waals surface area (Å²) in [6.45, 7) is 17.7. The molecule has 0 aliphatic carbocycles. The highest BCUT2D eigenvalue weighted by atomic mass is 16.5. The van der Waals surface area contributed by atoms with Gasteiger partial charge in [-0.2, -0.15) is 10.1 Å². The standard InChI is InChI=1S/C25H34N4O3/c1-9-10-11-20-19(7)22(29-25(31)28-17(5)14-27-29)12-16(4)23(20)32-18(6)13-21(15(2)3)24(30)26-8/h12-15H,5-6,9-11H2,1-4,7-8H3,(H,26,30)(H,28,31)/b21-13-. The van der Waals surface area contributed by atoms with Crippen molar-refractivity contribution < 1.29 is 14.3 Å². The zero-order valence-electron chi connectivity index (χ0n) is 20.0. The highest BCUT2D eigenvalue weighted by Gasteiger charge is 2.25. The van der Waals surface area contributed by atoms with Crippen molar-refractivity contribution >= 4 is 23.8 Å². The van der Waals surface area contributed by atoms with E-state index in [0.29, 0.717) is 28.5 Å². The molecule has 0 unspecified atom stereocenters. The van der Waals surface area contributed by atoms with E-state index < -0.39 is 0 Å². The minimum Gasteiger partial charge on any atom is -0.457 e. The third-order valence-electron chi connectivity index (χ3n) is 5.28. The maximum atomic E-state index is 12.5. The van der Waals surface area contributed by atoms with E-state index in [2.05, 4.69) is 35.8 Å². The second kappa shape index (κ2) is 10.8. The maximum Gasteiger partial charge on any atom is 0.347 e. The van der Waals surface area contributed by atoms with Crippen molar-refractivity contribution in [1.29, 1.82) is 0 Å². The van der Waals surface area contributed by atoms with E-state index in [4.69, 9.17) is 4.74 Å². The summed E-state index contributed by atoms with van der Waals surface area (Å²) >= 11 is 0. The summed E-state index contributed by atoms with van der Waals surface area (Å²) in [6, 6.07) is 1.53. The Kier molecular flexibility index (Phi) is 8.41. The van der Waals surface area contributed by atoms with Crippen molar-refractivity contribution in [1.82, 2.24) is 10.6 Å². The van der Waals surface area contributed by atoms with Crippen molar-refractivity contribution in [2.75, 3.05) is 12.1 Å². The average molecular weight is 439 g/mol. The first-order valence-electron chi connectivity index (χ1n) is 10.9. The van der Waals surface area contributed by atoms with Gasteiger partial charge in [0.1, 0.15) is 11.5 Å². The molecule has 1 heterocycles. The number of ether oxygens (including phenoxy) is 1. The minimum atomic E-state index is -0.352. The summed E-state index contributed by atoms with van der Waals surface area (Å²) in [7, 11) is 1.60. The van der Waals surface area contributed by atoms with Crippen LogP contribution in [0.3, 0.4) is 0 Å². The molecule has 1 aliphatic rings. The van der Waals surface area contributed by atoms with Gasteiger partial charge >= 0.3 is 6.03 Å². The van der Waals surface area contributed by atoms with Crippen LogP contribution in [0.5, 0.6) is 5.75 Å². The van der Waals surface area contributed by atoms with Crippen LogP contribution in [0.2, 0.25) is 0 Å². The Morgan fingerprint density at radius 3 is 2.62 bits per heavy atom. The lowest BCUT2D eigenvalue weighted by Crippen LogP contribution is -2.40. The fourth-order valence-corrected chi connectivity index (χ4v) is 3.51. The van der Waals surface area contributed by atoms with Crippen LogP contribution in [0, 0.1) is 19.8 Å². The molecule has 0 atom stereocenters. The summed E-state index contributed by atoms with van der Waals surface area (Å²) in [5.74, 6) is 0.946. The van der Waals surface area contributed by atoms with Crippen LogP contribution in [0.15, 0.2) is 47.4 Å². The number of urea groups is 1. The lowest BCUT2D eigenvalue weighted by atomic mass is 9.96. The number of aryl methyl sites for hydroxylation is 1. The lowest BCUT2D eigenvalue weighted by Gasteiger charge is -2.26. The molecule has 0 saturated heterocycles. The Morgan fingerprint density at radius 2 is 2.06 bits per heavy atom. The SMILES string of the molecule is C=C1C=NN(c2cc(C)c(OC(=C)/C=C(\C(=O)NC)C(C)C)c(CCCC)c2C)C(=O)N1. The first kappa shape index (κ1) is 24.9. The number of likely N-dealkylation sites (N-methyl/N-ethyl adjacent to an activating group) is 1. The van der Waals surface area contributed by atoms with Gasteiger partial charge < -0.3 is 15.4 Å². The van der Waals surface area contributed by atoms with E-state index in [1.54, 1.807) is 13.1 Å². The molecule has 172 valence electrons. The van der Waals surface area contributed by atoms with E-state index >= 15 is 0 Å². The number of allylic oxidation sites excluding steroid dienone is 2. The van der Waals surface area contributed by atoms with Crippen LogP contribution in [-0.4, -0.2) is 25.2 Å². The molecule has 2 rings (SSSR count). The van der Waals surface area contributed by atoms with Crippen molar-refractivity contribution in [3.63, 3.8) is 0 Å². The fourth-order valence-electron chi connectivity index (χ4n) is 3.51. The number of carbonyl (C=O) groups is 2. The Hall–Kier alpha value is -3.35. The Balaban J connectivity index is 2.51. The third-order valence-corrected chi connectivity index (χ3v) is 5.28. The zero-order chi connectivity index (χ0) is 24.0. The Labute approximate surface area is 190 Å². The van der Waals surface area contributed by atoms with Crippen LogP contribution in [0.1, 0.15) is 50.3 Å². The number of nitrogens with one attached hydrogen (secondary N) is 2. The molecule has 0 radical (unpaired) electrons. The molecular weight excluding hydrogens is 404 g/mol. The van der Waals surface area contributed by atoms with Gasteiger partial charge in [-0.3, -0.25) is 4.79 Å². The number of hydrogen-bond donors (Lipinski definition) is 2. The highest BCUT2D eigenvalue weighted by molar-refractivity contribution is 6.01. The Bertz CT molecular complexity index is 989. The van der Waals surface area contributed by atoms with Gasteiger partial charge in [0.25, 0.3) is 0 Å². The minimum absolute atomic E-state index is 0.0188.